The third kappa shape index (κ3) is 16.3. The smallest absolute Gasteiger partial charge is 0.884 e. The quantitative estimate of drug-likeness (QED) is 0.245. The van der Waals surface area contributed by atoms with E-state index in [1.54, 1.807) is 24.3 Å². The van der Waals surface area contributed by atoms with E-state index in [1.807, 2.05) is 0 Å². The summed E-state index contributed by atoms with van der Waals surface area (Å²) in [6.45, 7) is 14.2. The fourth-order valence-electron chi connectivity index (χ4n) is 0.977. The molecule has 0 aromatic carbocycles. The summed E-state index contributed by atoms with van der Waals surface area (Å²) in [5, 5.41) is 21.3. The van der Waals surface area contributed by atoms with E-state index in [-0.39, 0.29) is 51.6 Å². The van der Waals surface area contributed by atoms with Crippen molar-refractivity contribution in [2.45, 2.75) is 0 Å². The average Bonchev–Trinajstić information content (AvgIpc) is 2.38. The predicted molar refractivity (Wildman–Crippen MR) is 100 cm³/mol. The van der Waals surface area contributed by atoms with Crippen LogP contribution < -0.4 is 10.2 Å². The summed E-state index contributed by atoms with van der Waals surface area (Å²) in [5.41, 5.74) is 0. The molecule has 0 rings (SSSR count). The Morgan fingerprint density at radius 3 is 1.00 bits per heavy atom. The fraction of sp³-hybridized carbons (Fsp3) is 0.286. The van der Waals surface area contributed by atoms with Crippen molar-refractivity contribution in [2.75, 3.05) is 23.0 Å². The zero-order valence-electron chi connectivity index (χ0n) is 11.8. The molecule has 118 valence electrons. The van der Waals surface area contributed by atoms with Crippen molar-refractivity contribution in [3.05, 3.63) is 50.6 Å². The Labute approximate surface area is 159 Å². The van der Waals surface area contributed by atoms with Crippen LogP contribution in [0.15, 0.2) is 50.6 Å². The van der Waals surface area contributed by atoms with Gasteiger partial charge in [-0.2, -0.15) is 8.77 Å². The molecular formula is C14H20MoO2S4. The summed E-state index contributed by atoms with van der Waals surface area (Å²) in [6.07, 6.45) is 6.88. The van der Waals surface area contributed by atoms with Crippen LogP contribution in [0, 0.1) is 0 Å². The summed E-state index contributed by atoms with van der Waals surface area (Å²) >= 11 is 9.02. The van der Waals surface area contributed by atoms with Crippen LogP contribution in [0.1, 0.15) is 0 Å². The molecule has 0 aliphatic carbocycles. The Morgan fingerprint density at radius 2 is 0.905 bits per heavy atom. The van der Waals surface area contributed by atoms with E-state index in [0.29, 0.717) is 23.0 Å². The number of thiocarbonyl (C=S) groups is 2. The van der Waals surface area contributed by atoms with Crippen molar-refractivity contribution < 1.29 is 31.3 Å². The molecule has 0 heterocycles. The van der Waals surface area contributed by atoms with Crippen molar-refractivity contribution in [1.29, 1.82) is 0 Å². The van der Waals surface area contributed by atoms with E-state index in [1.165, 1.54) is 0 Å². The van der Waals surface area contributed by atoms with Gasteiger partial charge in [0, 0.05) is 0 Å². The fourth-order valence-corrected chi connectivity index (χ4v) is 3.75. The summed E-state index contributed by atoms with van der Waals surface area (Å²) < 4.78 is -0.334. The maximum Gasteiger partial charge on any atom is 4.00 e. The molecule has 0 aromatic heterocycles. The first-order valence-corrected chi connectivity index (χ1v) is 9.59. The number of hydrogen-bond acceptors (Lipinski definition) is 6. The third-order valence-corrected chi connectivity index (χ3v) is 6.66. The van der Waals surface area contributed by atoms with Crippen LogP contribution in [0.5, 0.6) is 0 Å². The predicted octanol–water partition coefficient (Wildman–Crippen LogP) is 1.24. The van der Waals surface area contributed by atoms with Crippen LogP contribution in [0.4, 0.5) is 0 Å². The molecule has 0 aliphatic heterocycles. The average molecular weight is 445 g/mol. The van der Waals surface area contributed by atoms with Gasteiger partial charge in [-0.15, -0.1) is 98.1 Å². The molecule has 0 saturated heterocycles. The van der Waals surface area contributed by atoms with E-state index in [4.69, 9.17) is 0 Å². The summed E-state index contributed by atoms with van der Waals surface area (Å²) in [4.78, 5) is 0. The zero-order valence-corrected chi connectivity index (χ0v) is 17.1. The second-order valence-electron chi connectivity index (χ2n) is 3.31. The first-order chi connectivity index (χ1) is 9.44. The maximum absolute atomic E-state index is 10.7. The molecule has 2 nitrogen and oxygen atoms in total. The summed E-state index contributed by atoms with van der Waals surface area (Å²) in [6, 6.07) is 0. The Kier molecular flexibility index (Phi) is 22.5. The molecule has 0 radical (unpaired) electrons. The molecule has 7 heteroatoms. The number of rotatable bonds is 8. The van der Waals surface area contributed by atoms with Gasteiger partial charge in [0.05, 0.1) is 0 Å². The van der Waals surface area contributed by atoms with Crippen molar-refractivity contribution in [2.24, 2.45) is 0 Å². The zero-order chi connectivity index (χ0) is 16.0. The first kappa shape index (κ1) is 26.0. The van der Waals surface area contributed by atoms with E-state index in [0.717, 1.165) is 0 Å². The van der Waals surface area contributed by atoms with Gasteiger partial charge in [-0.05, 0) is 0 Å². The molecule has 0 saturated carbocycles. The minimum atomic E-state index is -0.336. The molecule has 0 aromatic rings. The second-order valence-corrected chi connectivity index (χ2v) is 8.61. The maximum atomic E-state index is 10.7. The summed E-state index contributed by atoms with van der Waals surface area (Å²) in [7, 11) is -0.673. The molecule has 0 unspecified atom stereocenters. The van der Waals surface area contributed by atoms with Gasteiger partial charge in [-0.3, -0.25) is 0 Å². The topological polar surface area (TPSA) is 46.1 Å². The van der Waals surface area contributed by atoms with Gasteiger partial charge in [0.1, 0.15) is 0 Å². The first-order valence-electron chi connectivity index (χ1n) is 5.65. The normalized spacial score (nSPS) is 9.71. The molecule has 0 N–H and O–H groups in total. The van der Waals surface area contributed by atoms with Crippen LogP contribution in [-0.4, -0.2) is 31.8 Å². The van der Waals surface area contributed by atoms with Crippen LogP contribution in [0.3, 0.4) is 0 Å². The summed E-state index contributed by atoms with van der Waals surface area (Å²) in [5.74, 6) is 2.76. The standard InChI is InChI=1S/2C7H11OS2.Mo/c2*1-3-5-10(6-4-2)7(8)9;/h2*3-4H,1-2,5-6H2,(H,8,9);/q2*-1;+4/p-2. The molecule has 0 spiro atoms. The van der Waals surface area contributed by atoms with Gasteiger partial charge in [-0.1, -0.05) is 0 Å². The Balaban J connectivity index is -0.000000295. The van der Waals surface area contributed by atoms with Crippen LogP contribution in [0.25, 0.3) is 0 Å². The van der Waals surface area contributed by atoms with Gasteiger partial charge in [0.2, 0.25) is 0 Å². The Bertz CT molecular complexity index is 305. The van der Waals surface area contributed by atoms with Crippen LogP contribution in [-0.2, 0) is 42.9 Å². The molecule has 0 fully saturated rings. The Hall–Kier alpha value is 0.128. The van der Waals surface area contributed by atoms with E-state index in [2.05, 4.69) is 50.8 Å². The van der Waals surface area contributed by atoms with Crippen molar-refractivity contribution in [3.8, 4) is 0 Å². The van der Waals surface area contributed by atoms with E-state index >= 15 is 0 Å². The monoisotopic (exact) mass is 446 g/mol. The number of hydrogen-bond donors (Lipinski definition) is 0. The SMILES string of the molecule is C=CC[S-](CC=C)C([O-])=S.C=CC[S-](CC=C)C([O-])=S.[Mo+4]. The van der Waals surface area contributed by atoms with Gasteiger partial charge in [0.25, 0.3) is 0 Å². The minimum Gasteiger partial charge on any atom is -0.884 e. The molecule has 0 aliphatic rings. The van der Waals surface area contributed by atoms with Gasteiger partial charge < -0.3 is 32.0 Å². The molecule has 21 heavy (non-hydrogen) atoms. The molecule has 0 atom stereocenters. The molecular weight excluding hydrogens is 424 g/mol. The van der Waals surface area contributed by atoms with Crippen LogP contribution in [0.2, 0.25) is 0 Å². The van der Waals surface area contributed by atoms with Crippen LogP contribution >= 0.6 is 24.4 Å². The van der Waals surface area contributed by atoms with Crippen molar-refractivity contribution in [1.82, 2.24) is 0 Å². The van der Waals surface area contributed by atoms with Gasteiger partial charge >= 0.3 is 21.1 Å². The molecule has 0 amide bonds. The van der Waals surface area contributed by atoms with E-state index in [9.17, 15) is 10.2 Å². The van der Waals surface area contributed by atoms with Gasteiger partial charge in [0.15, 0.2) is 0 Å². The largest absolute Gasteiger partial charge is 4.00 e. The van der Waals surface area contributed by atoms with E-state index < -0.39 is 0 Å². The third-order valence-electron chi connectivity index (χ3n) is 1.75. The Morgan fingerprint density at radius 1 is 0.714 bits per heavy atom. The molecule has 0 bridgehead atoms. The van der Waals surface area contributed by atoms with Gasteiger partial charge in [-0.25, -0.2) is 0 Å². The van der Waals surface area contributed by atoms with Crippen molar-refractivity contribution in [3.63, 3.8) is 0 Å². The minimum absolute atomic E-state index is 0. The second kappa shape index (κ2) is 18.2. The van der Waals surface area contributed by atoms with Crippen molar-refractivity contribution >= 4 is 55.0 Å².